The Balaban J connectivity index is 3.26. The molecule has 0 aliphatic rings. The molecule has 0 spiro atoms. The third-order valence-electron chi connectivity index (χ3n) is 2.19. The zero-order chi connectivity index (χ0) is 13.2. The van der Waals surface area contributed by atoms with Gasteiger partial charge in [-0.05, 0) is 12.3 Å². The van der Waals surface area contributed by atoms with Gasteiger partial charge in [0.2, 0.25) is 0 Å². The second kappa shape index (κ2) is 5.05. The maximum Gasteiger partial charge on any atom is 0.328 e. The van der Waals surface area contributed by atoms with Gasteiger partial charge in [0.05, 0.1) is 0 Å². The lowest BCUT2D eigenvalue weighted by Crippen LogP contribution is -2.32. The molecule has 1 heterocycles. The van der Waals surface area contributed by atoms with Crippen LogP contribution in [0.1, 0.15) is 20.3 Å². The molecule has 1 aromatic heterocycles. The van der Waals surface area contributed by atoms with Gasteiger partial charge in [-0.1, -0.05) is 13.8 Å². The number of nitrogens with zero attached hydrogens (tertiary/aromatic N) is 1. The first-order valence-electron chi connectivity index (χ1n) is 5.00. The predicted octanol–water partition coefficient (Wildman–Crippen LogP) is 0.510. The van der Waals surface area contributed by atoms with E-state index in [4.69, 9.17) is 10.7 Å². The van der Waals surface area contributed by atoms with Gasteiger partial charge in [0, 0.05) is 23.4 Å². The van der Waals surface area contributed by atoms with E-state index in [1.54, 1.807) is 0 Å². The van der Waals surface area contributed by atoms with E-state index < -0.39 is 25.2 Å². The number of hydrogen-bond acceptors (Lipinski definition) is 4. The topological polar surface area (TPSA) is 89.0 Å². The molecule has 0 aliphatic carbocycles. The van der Waals surface area contributed by atoms with Crippen molar-refractivity contribution in [2.24, 2.45) is 5.92 Å². The monoisotopic (exact) mass is 280 g/mol. The third kappa shape index (κ3) is 3.71. The molecule has 0 saturated carbocycles. The maximum atomic E-state index is 11.4. The summed E-state index contributed by atoms with van der Waals surface area (Å²) in [5.41, 5.74) is -1.63. The van der Waals surface area contributed by atoms with Crippen LogP contribution in [-0.2, 0) is 15.6 Å². The molecule has 17 heavy (non-hydrogen) atoms. The number of halogens is 1. The second-order valence-electron chi connectivity index (χ2n) is 4.07. The van der Waals surface area contributed by atoms with Crippen molar-refractivity contribution >= 4 is 19.7 Å². The van der Waals surface area contributed by atoms with Gasteiger partial charge in [0.25, 0.3) is 14.6 Å². The summed E-state index contributed by atoms with van der Waals surface area (Å²) >= 11 is 0. The molecule has 0 amide bonds. The van der Waals surface area contributed by atoms with Crippen molar-refractivity contribution < 1.29 is 8.42 Å². The summed E-state index contributed by atoms with van der Waals surface area (Å²) in [6, 6.07) is 0. The van der Waals surface area contributed by atoms with Crippen molar-refractivity contribution in [2.75, 3.05) is 0 Å². The Kier molecular flexibility index (Phi) is 4.16. The van der Waals surface area contributed by atoms with Gasteiger partial charge in [-0.25, -0.2) is 13.2 Å². The highest BCUT2D eigenvalue weighted by molar-refractivity contribution is 8.13. The average molecular weight is 281 g/mol. The van der Waals surface area contributed by atoms with Crippen LogP contribution in [0.15, 0.2) is 20.7 Å². The molecule has 0 radical (unpaired) electrons. The van der Waals surface area contributed by atoms with Crippen molar-refractivity contribution in [3.8, 4) is 0 Å². The first-order chi connectivity index (χ1) is 7.71. The summed E-state index contributed by atoms with van der Waals surface area (Å²) in [7, 11) is 0.945. The van der Waals surface area contributed by atoms with Crippen molar-refractivity contribution in [3.63, 3.8) is 0 Å². The minimum absolute atomic E-state index is 0.326. The van der Waals surface area contributed by atoms with E-state index in [-0.39, 0.29) is 0 Å². The van der Waals surface area contributed by atoms with E-state index in [1.807, 2.05) is 18.8 Å². The van der Waals surface area contributed by atoms with Crippen LogP contribution in [0.3, 0.4) is 0 Å². The van der Waals surface area contributed by atoms with Crippen LogP contribution in [0.5, 0.6) is 0 Å². The molecule has 8 heteroatoms. The Morgan fingerprint density at radius 2 is 2.00 bits per heavy atom. The maximum absolute atomic E-state index is 11.4. The lowest BCUT2D eigenvalue weighted by atomic mass is 10.1. The van der Waals surface area contributed by atoms with E-state index in [9.17, 15) is 18.0 Å². The van der Waals surface area contributed by atoms with Gasteiger partial charge in [-0.15, -0.1) is 0 Å². The highest BCUT2D eigenvalue weighted by Crippen LogP contribution is 2.08. The van der Waals surface area contributed by atoms with Crippen LogP contribution in [0.25, 0.3) is 0 Å². The first-order valence-corrected chi connectivity index (χ1v) is 7.31. The Hall–Kier alpha value is -1.08. The first kappa shape index (κ1) is 14.0. The molecule has 0 aliphatic heterocycles. The summed E-state index contributed by atoms with van der Waals surface area (Å²) in [4.78, 5) is 24.0. The highest BCUT2D eigenvalue weighted by atomic mass is 35.7. The molecule has 0 fully saturated rings. The van der Waals surface area contributed by atoms with Gasteiger partial charge in [0.1, 0.15) is 0 Å². The van der Waals surface area contributed by atoms with Crippen LogP contribution >= 0.6 is 10.7 Å². The summed E-state index contributed by atoms with van der Waals surface area (Å²) in [6.45, 7) is 4.26. The summed E-state index contributed by atoms with van der Waals surface area (Å²) in [5, 5.41) is 0. The van der Waals surface area contributed by atoms with Gasteiger partial charge in [-0.3, -0.25) is 14.3 Å². The van der Waals surface area contributed by atoms with E-state index >= 15 is 0 Å². The van der Waals surface area contributed by atoms with E-state index in [0.717, 1.165) is 10.8 Å². The fourth-order valence-electron chi connectivity index (χ4n) is 1.23. The van der Waals surface area contributed by atoms with Crippen LogP contribution in [0.2, 0.25) is 0 Å². The van der Waals surface area contributed by atoms with Gasteiger partial charge < -0.3 is 0 Å². The van der Waals surface area contributed by atoms with Crippen LogP contribution in [0.4, 0.5) is 0 Å². The van der Waals surface area contributed by atoms with E-state index in [2.05, 4.69) is 0 Å². The lowest BCUT2D eigenvalue weighted by Gasteiger charge is -2.07. The van der Waals surface area contributed by atoms with E-state index in [1.165, 1.54) is 0 Å². The number of hydrogen-bond donors (Lipinski definition) is 1. The summed E-state index contributed by atoms with van der Waals surface area (Å²) < 4.78 is 23.3. The molecule has 0 saturated heterocycles. The molecule has 96 valence electrons. The number of H-pyrrole nitrogens is 1. The largest absolute Gasteiger partial charge is 0.328 e. The minimum Gasteiger partial charge on any atom is -0.299 e. The SMILES string of the molecule is CC(C)CCn1cc(S(=O)(=O)Cl)c(=O)[nH]c1=O. The fraction of sp³-hybridized carbons (Fsp3) is 0.556. The van der Waals surface area contributed by atoms with Crippen LogP contribution in [0, 0.1) is 5.92 Å². The van der Waals surface area contributed by atoms with Crippen LogP contribution in [-0.4, -0.2) is 18.0 Å². The van der Waals surface area contributed by atoms with Crippen molar-refractivity contribution in [3.05, 3.63) is 27.0 Å². The Labute approximate surface area is 103 Å². The van der Waals surface area contributed by atoms with Gasteiger partial charge in [-0.2, -0.15) is 0 Å². The Morgan fingerprint density at radius 1 is 1.41 bits per heavy atom. The molecule has 6 nitrogen and oxygen atoms in total. The molecule has 0 bridgehead atoms. The van der Waals surface area contributed by atoms with Crippen molar-refractivity contribution in [1.82, 2.24) is 9.55 Å². The number of nitrogens with one attached hydrogen (secondary N) is 1. The lowest BCUT2D eigenvalue weighted by molar-refractivity contribution is 0.496. The predicted molar refractivity (Wildman–Crippen MR) is 63.8 cm³/mol. The van der Waals surface area contributed by atoms with Crippen LogP contribution < -0.4 is 11.2 Å². The number of aryl methyl sites for hydroxylation is 1. The smallest absolute Gasteiger partial charge is 0.299 e. The number of aromatic nitrogens is 2. The normalized spacial score (nSPS) is 12.0. The highest BCUT2D eigenvalue weighted by Gasteiger charge is 2.17. The third-order valence-corrected chi connectivity index (χ3v) is 3.50. The van der Waals surface area contributed by atoms with Crippen molar-refractivity contribution in [1.29, 1.82) is 0 Å². The zero-order valence-electron chi connectivity index (χ0n) is 9.44. The molecule has 1 aromatic rings. The molecule has 0 atom stereocenters. The fourth-order valence-corrected chi connectivity index (χ4v) is 2.08. The molecule has 1 rings (SSSR count). The number of rotatable bonds is 4. The van der Waals surface area contributed by atoms with Crippen molar-refractivity contribution in [2.45, 2.75) is 31.7 Å². The standard InChI is InChI=1S/C9H13ClN2O4S/c1-6(2)3-4-12-5-7(17(10,15)16)8(13)11-9(12)14/h5-6H,3-4H2,1-2H3,(H,11,13,14). The minimum atomic E-state index is -4.14. The molecular weight excluding hydrogens is 268 g/mol. The molecular formula is C9H13ClN2O4S. The Morgan fingerprint density at radius 3 is 2.47 bits per heavy atom. The molecule has 1 N–H and O–H groups in total. The zero-order valence-corrected chi connectivity index (χ0v) is 11.0. The molecule has 0 unspecified atom stereocenters. The molecule has 0 aromatic carbocycles. The summed E-state index contributed by atoms with van der Waals surface area (Å²) in [6.07, 6.45) is 1.67. The van der Waals surface area contributed by atoms with E-state index in [0.29, 0.717) is 18.9 Å². The quantitative estimate of drug-likeness (QED) is 0.814. The van der Waals surface area contributed by atoms with Gasteiger partial charge in [0.15, 0.2) is 4.90 Å². The Bertz CT molecular complexity index is 615. The average Bonchev–Trinajstić information content (AvgIpc) is 2.13. The second-order valence-corrected chi connectivity index (χ2v) is 6.60. The van der Waals surface area contributed by atoms with Gasteiger partial charge >= 0.3 is 5.69 Å². The number of aromatic amines is 1. The summed E-state index contributed by atoms with van der Waals surface area (Å²) in [5.74, 6) is 0.352.